The molecule has 0 saturated carbocycles. The van der Waals surface area contributed by atoms with Crippen LogP contribution in [0.15, 0.2) is 54.6 Å². The summed E-state index contributed by atoms with van der Waals surface area (Å²) < 4.78 is 0. The largest absolute Gasteiger partial charge is 0.325 e. The molecule has 24 heavy (non-hydrogen) atoms. The minimum absolute atomic E-state index is 0.0205. The maximum Gasteiger partial charge on any atom is 0.234 e. The third-order valence-corrected chi connectivity index (χ3v) is 4.03. The summed E-state index contributed by atoms with van der Waals surface area (Å²) in [7, 11) is 0. The number of nitrogens with one attached hydrogen (secondary N) is 2. The Morgan fingerprint density at radius 3 is 1.79 bits per heavy atom. The number of hydrogen-bond donors (Lipinski definition) is 2. The lowest BCUT2D eigenvalue weighted by atomic mass is 10.1. The lowest BCUT2D eigenvalue weighted by Crippen LogP contribution is -2.18. The molecule has 6 heteroatoms. The molecular formula is C18H18N2O3S. The van der Waals surface area contributed by atoms with Crippen LogP contribution in [0.2, 0.25) is 0 Å². The van der Waals surface area contributed by atoms with Crippen LogP contribution in [0.4, 0.5) is 11.4 Å². The number of para-hydroxylation sites is 1. The average molecular weight is 342 g/mol. The fraction of sp³-hybridized carbons (Fsp3) is 0.167. The second-order valence-electron chi connectivity index (χ2n) is 5.09. The van der Waals surface area contributed by atoms with Crippen molar-refractivity contribution in [3.05, 3.63) is 60.2 Å². The van der Waals surface area contributed by atoms with E-state index in [4.69, 9.17) is 0 Å². The van der Waals surface area contributed by atoms with E-state index in [2.05, 4.69) is 10.6 Å². The summed E-state index contributed by atoms with van der Waals surface area (Å²) in [6.45, 7) is 1.49. The quantitative estimate of drug-likeness (QED) is 0.758. The number of thioether (sulfide) groups is 1. The van der Waals surface area contributed by atoms with E-state index in [0.29, 0.717) is 11.3 Å². The van der Waals surface area contributed by atoms with E-state index in [-0.39, 0.29) is 29.1 Å². The molecule has 0 aliphatic heterocycles. The smallest absolute Gasteiger partial charge is 0.234 e. The predicted molar refractivity (Wildman–Crippen MR) is 97.5 cm³/mol. The summed E-state index contributed by atoms with van der Waals surface area (Å²) in [6, 6.07) is 15.9. The topological polar surface area (TPSA) is 75.3 Å². The summed E-state index contributed by atoms with van der Waals surface area (Å²) in [5.74, 6) is 0.0168. The van der Waals surface area contributed by atoms with Crippen LogP contribution < -0.4 is 10.6 Å². The molecule has 0 aromatic heterocycles. The summed E-state index contributed by atoms with van der Waals surface area (Å²) in [6.07, 6.45) is 0. The summed E-state index contributed by atoms with van der Waals surface area (Å²) >= 11 is 1.24. The number of ketones is 1. The van der Waals surface area contributed by atoms with Gasteiger partial charge in [-0.1, -0.05) is 18.2 Å². The van der Waals surface area contributed by atoms with Crippen molar-refractivity contribution in [3.8, 4) is 0 Å². The molecular weight excluding hydrogens is 324 g/mol. The van der Waals surface area contributed by atoms with E-state index in [9.17, 15) is 14.4 Å². The molecule has 2 rings (SSSR count). The summed E-state index contributed by atoms with van der Waals surface area (Å²) in [5.41, 5.74) is 1.96. The van der Waals surface area contributed by atoms with Crippen molar-refractivity contribution in [2.45, 2.75) is 6.92 Å². The van der Waals surface area contributed by atoms with Crippen LogP contribution in [-0.2, 0) is 9.59 Å². The molecule has 0 fully saturated rings. The van der Waals surface area contributed by atoms with Crippen molar-refractivity contribution in [2.75, 3.05) is 22.1 Å². The van der Waals surface area contributed by atoms with E-state index in [1.54, 1.807) is 36.4 Å². The van der Waals surface area contributed by atoms with Crippen LogP contribution >= 0.6 is 11.8 Å². The van der Waals surface area contributed by atoms with Gasteiger partial charge in [0.15, 0.2) is 5.78 Å². The van der Waals surface area contributed by atoms with Crippen LogP contribution in [0.5, 0.6) is 0 Å². The first-order chi connectivity index (χ1) is 11.5. The van der Waals surface area contributed by atoms with E-state index in [1.807, 2.05) is 18.2 Å². The van der Waals surface area contributed by atoms with Crippen LogP contribution in [0.25, 0.3) is 0 Å². The molecule has 2 amide bonds. The van der Waals surface area contributed by atoms with E-state index in [1.165, 1.54) is 18.7 Å². The number of benzene rings is 2. The second-order valence-corrected chi connectivity index (χ2v) is 6.07. The highest BCUT2D eigenvalue weighted by Gasteiger charge is 2.07. The van der Waals surface area contributed by atoms with Crippen molar-refractivity contribution in [3.63, 3.8) is 0 Å². The van der Waals surface area contributed by atoms with Gasteiger partial charge >= 0.3 is 0 Å². The van der Waals surface area contributed by atoms with Gasteiger partial charge < -0.3 is 10.6 Å². The lowest BCUT2D eigenvalue weighted by molar-refractivity contribution is -0.114. The van der Waals surface area contributed by atoms with Gasteiger partial charge in [-0.05, 0) is 43.3 Å². The lowest BCUT2D eigenvalue weighted by Gasteiger charge is -2.06. The van der Waals surface area contributed by atoms with Crippen molar-refractivity contribution in [1.29, 1.82) is 0 Å². The first-order valence-electron chi connectivity index (χ1n) is 7.38. The molecule has 2 aromatic carbocycles. The normalized spacial score (nSPS) is 10.0. The van der Waals surface area contributed by atoms with Gasteiger partial charge in [-0.25, -0.2) is 0 Å². The molecule has 0 aliphatic rings. The maximum absolute atomic E-state index is 11.8. The zero-order chi connectivity index (χ0) is 17.4. The Hall–Kier alpha value is -2.60. The Labute approximate surface area is 144 Å². The van der Waals surface area contributed by atoms with Crippen molar-refractivity contribution >= 4 is 40.7 Å². The molecule has 0 unspecified atom stereocenters. The molecule has 2 aromatic rings. The van der Waals surface area contributed by atoms with Gasteiger partial charge in [0, 0.05) is 16.9 Å². The number of anilines is 2. The van der Waals surface area contributed by atoms with Crippen LogP contribution in [-0.4, -0.2) is 29.1 Å². The molecule has 0 aliphatic carbocycles. The fourth-order valence-corrected chi connectivity index (χ4v) is 2.56. The van der Waals surface area contributed by atoms with Gasteiger partial charge in [0.25, 0.3) is 0 Å². The Bertz CT molecular complexity index is 715. The van der Waals surface area contributed by atoms with Crippen LogP contribution in [0.1, 0.15) is 17.3 Å². The van der Waals surface area contributed by atoms with E-state index < -0.39 is 0 Å². The highest BCUT2D eigenvalue weighted by molar-refractivity contribution is 8.00. The standard InChI is InChI=1S/C18H18N2O3S/c1-13(21)14-7-9-16(10-8-14)20-18(23)12-24-11-17(22)19-15-5-3-2-4-6-15/h2-10H,11-12H2,1H3,(H,19,22)(H,20,23). The Kier molecular flexibility index (Phi) is 6.57. The SMILES string of the molecule is CC(=O)c1ccc(NC(=O)CSCC(=O)Nc2ccccc2)cc1. The number of amides is 2. The number of Topliss-reactive ketones (excluding diaryl/α,β-unsaturated/α-hetero) is 1. The summed E-state index contributed by atoms with van der Waals surface area (Å²) in [4.78, 5) is 34.8. The van der Waals surface area contributed by atoms with Gasteiger partial charge in [0.05, 0.1) is 11.5 Å². The molecule has 0 heterocycles. The number of carbonyl (C=O) groups is 3. The number of carbonyl (C=O) groups excluding carboxylic acids is 3. The third kappa shape index (κ3) is 5.89. The third-order valence-electron chi connectivity index (χ3n) is 3.10. The molecule has 5 nitrogen and oxygen atoms in total. The van der Waals surface area contributed by atoms with E-state index >= 15 is 0 Å². The van der Waals surface area contributed by atoms with Crippen molar-refractivity contribution in [2.24, 2.45) is 0 Å². The Morgan fingerprint density at radius 1 is 0.792 bits per heavy atom. The van der Waals surface area contributed by atoms with Gasteiger partial charge in [-0.3, -0.25) is 14.4 Å². The average Bonchev–Trinajstić information content (AvgIpc) is 2.56. The summed E-state index contributed by atoms with van der Waals surface area (Å²) in [5, 5.41) is 5.49. The monoisotopic (exact) mass is 342 g/mol. The molecule has 124 valence electrons. The molecule has 0 saturated heterocycles. The second kappa shape index (κ2) is 8.88. The first kappa shape index (κ1) is 17.7. The molecule has 0 spiro atoms. The first-order valence-corrected chi connectivity index (χ1v) is 8.53. The fourth-order valence-electron chi connectivity index (χ4n) is 1.94. The maximum atomic E-state index is 11.8. The van der Waals surface area contributed by atoms with Gasteiger partial charge in [0.1, 0.15) is 0 Å². The number of rotatable bonds is 7. The van der Waals surface area contributed by atoms with Crippen molar-refractivity contribution in [1.82, 2.24) is 0 Å². The van der Waals surface area contributed by atoms with E-state index in [0.717, 1.165) is 5.69 Å². The zero-order valence-corrected chi connectivity index (χ0v) is 14.1. The zero-order valence-electron chi connectivity index (χ0n) is 13.2. The molecule has 0 bridgehead atoms. The molecule has 0 radical (unpaired) electrons. The Balaban J connectivity index is 1.71. The Morgan fingerprint density at radius 2 is 1.29 bits per heavy atom. The van der Waals surface area contributed by atoms with Gasteiger partial charge in [-0.15, -0.1) is 11.8 Å². The highest BCUT2D eigenvalue weighted by Crippen LogP contribution is 2.11. The minimum atomic E-state index is -0.192. The van der Waals surface area contributed by atoms with Gasteiger partial charge in [0.2, 0.25) is 11.8 Å². The van der Waals surface area contributed by atoms with Crippen molar-refractivity contribution < 1.29 is 14.4 Å². The predicted octanol–water partition coefficient (Wildman–Crippen LogP) is 3.20. The highest BCUT2D eigenvalue weighted by atomic mass is 32.2. The van der Waals surface area contributed by atoms with Crippen LogP contribution in [0.3, 0.4) is 0 Å². The minimum Gasteiger partial charge on any atom is -0.325 e. The molecule has 0 atom stereocenters. The van der Waals surface area contributed by atoms with Gasteiger partial charge in [-0.2, -0.15) is 0 Å². The molecule has 2 N–H and O–H groups in total. The number of hydrogen-bond acceptors (Lipinski definition) is 4. The van der Waals surface area contributed by atoms with Crippen LogP contribution in [0, 0.1) is 0 Å².